The largest absolute Gasteiger partial charge is 0.353 e. The molecule has 0 radical (unpaired) electrons. The number of anilines is 2. The molecule has 1 atom stereocenters. The van der Waals surface area contributed by atoms with Crippen LogP contribution in [0.2, 0.25) is 5.02 Å². The van der Waals surface area contributed by atoms with E-state index < -0.39 is 22.0 Å². The molecule has 33 heavy (non-hydrogen) atoms. The Kier molecular flexibility index (Phi) is 5.97. The summed E-state index contributed by atoms with van der Waals surface area (Å²) in [6.45, 7) is 5.35. The first-order valence-electron chi connectivity index (χ1n) is 10.3. The van der Waals surface area contributed by atoms with Gasteiger partial charge in [-0.25, -0.2) is 17.9 Å². The molecule has 0 unspecified atom stereocenters. The molecule has 0 saturated carbocycles. The van der Waals surface area contributed by atoms with E-state index in [4.69, 9.17) is 22.3 Å². The summed E-state index contributed by atoms with van der Waals surface area (Å²) >= 11 is 6.08. The van der Waals surface area contributed by atoms with E-state index in [1.165, 1.54) is 23.1 Å². The summed E-state index contributed by atoms with van der Waals surface area (Å²) in [6, 6.07) is 6.02. The van der Waals surface area contributed by atoms with Gasteiger partial charge in [-0.3, -0.25) is 9.52 Å². The van der Waals surface area contributed by atoms with E-state index >= 15 is 0 Å². The monoisotopic (exact) mass is 491 g/mol. The Hall–Kier alpha value is -2.89. The van der Waals surface area contributed by atoms with Gasteiger partial charge in [0, 0.05) is 49.0 Å². The molecule has 3 N–H and O–H groups in total. The highest BCUT2D eigenvalue weighted by molar-refractivity contribution is 7.92. The van der Waals surface area contributed by atoms with Crippen molar-refractivity contribution in [1.29, 1.82) is 0 Å². The number of carbonyl (C=O) groups excluding carboxylic acids is 1. The van der Waals surface area contributed by atoms with E-state index in [9.17, 15) is 13.2 Å². The Balaban J connectivity index is 1.62. The summed E-state index contributed by atoms with van der Waals surface area (Å²) in [5.41, 5.74) is 8.52. The lowest BCUT2D eigenvalue weighted by molar-refractivity contribution is 0.0740. The third kappa shape index (κ3) is 4.75. The quantitative estimate of drug-likeness (QED) is 0.540. The topological polar surface area (TPSA) is 126 Å². The van der Waals surface area contributed by atoms with Crippen molar-refractivity contribution in [3.05, 3.63) is 52.3 Å². The third-order valence-corrected chi connectivity index (χ3v) is 6.50. The number of amides is 1. The van der Waals surface area contributed by atoms with Crippen LogP contribution in [0.3, 0.4) is 0 Å². The van der Waals surface area contributed by atoms with E-state index in [0.717, 1.165) is 30.7 Å². The van der Waals surface area contributed by atoms with Crippen molar-refractivity contribution in [3.8, 4) is 0 Å². The fraction of sp³-hybridized carbons (Fsp3) is 0.381. The Labute approximate surface area is 197 Å². The van der Waals surface area contributed by atoms with Crippen molar-refractivity contribution in [2.24, 2.45) is 5.73 Å². The fourth-order valence-electron chi connectivity index (χ4n) is 3.78. The lowest BCUT2D eigenvalue weighted by Crippen LogP contribution is -2.56. The van der Waals surface area contributed by atoms with Crippen molar-refractivity contribution < 1.29 is 13.2 Å². The summed E-state index contributed by atoms with van der Waals surface area (Å²) < 4.78 is 27.5. The zero-order valence-corrected chi connectivity index (χ0v) is 20.4. The number of hydrogen-bond acceptors (Lipinski definition) is 7. The van der Waals surface area contributed by atoms with Crippen LogP contribution in [0.25, 0.3) is 5.65 Å². The van der Waals surface area contributed by atoms with E-state index in [1.807, 2.05) is 26.1 Å². The number of carbonyl (C=O) groups is 1. The van der Waals surface area contributed by atoms with Gasteiger partial charge in [-0.1, -0.05) is 11.6 Å². The second kappa shape index (κ2) is 8.47. The van der Waals surface area contributed by atoms with Crippen LogP contribution >= 0.6 is 11.6 Å². The first-order valence-corrected chi connectivity index (χ1v) is 12.6. The van der Waals surface area contributed by atoms with Crippen LogP contribution in [-0.2, 0) is 10.0 Å². The van der Waals surface area contributed by atoms with Gasteiger partial charge < -0.3 is 15.5 Å². The summed E-state index contributed by atoms with van der Waals surface area (Å²) in [5, 5.41) is 4.93. The van der Waals surface area contributed by atoms with E-state index in [2.05, 4.69) is 14.7 Å². The first-order chi connectivity index (χ1) is 15.4. The number of aryl methyl sites for hydroxylation is 1. The normalized spacial score (nSPS) is 15.4. The molecule has 1 aliphatic heterocycles. The summed E-state index contributed by atoms with van der Waals surface area (Å²) in [7, 11) is -1.94. The summed E-state index contributed by atoms with van der Waals surface area (Å²) in [5.74, 6) is 0.482. The van der Waals surface area contributed by atoms with Crippen molar-refractivity contribution in [2.45, 2.75) is 25.9 Å². The van der Waals surface area contributed by atoms with Gasteiger partial charge in [-0.05, 0) is 32.0 Å². The molecule has 176 valence electrons. The van der Waals surface area contributed by atoms with Gasteiger partial charge >= 0.3 is 0 Å². The number of sulfonamides is 1. The van der Waals surface area contributed by atoms with Crippen LogP contribution in [0.5, 0.6) is 0 Å². The Morgan fingerprint density at radius 2 is 2.03 bits per heavy atom. The van der Waals surface area contributed by atoms with Gasteiger partial charge in [0.1, 0.15) is 5.82 Å². The maximum Gasteiger partial charge on any atom is 0.256 e. The van der Waals surface area contributed by atoms with Crippen LogP contribution in [0.4, 0.5) is 11.5 Å². The zero-order valence-electron chi connectivity index (χ0n) is 18.8. The minimum Gasteiger partial charge on any atom is -0.353 e. The highest BCUT2D eigenvalue weighted by atomic mass is 35.5. The molecule has 0 spiro atoms. The smallest absolute Gasteiger partial charge is 0.256 e. The number of nitrogens with two attached hydrogens (primary N) is 1. The van der Waals surface area contributed by atoms with Crippen molar-refractivity contribution in [2.75, 3.05) is 36.0 Å². The highest BCUT2D eigenvalue weighted by Gasteiger charge is 2.27. The molecular weight excluding hydrogens is 466 g/mol. The second-order valence-electron chi connectivity index (χ2n) is 8.44. The molecule has 12 heteroatoms. The first kappa shape index (κ1) is 23.3. The molecule has 1 amide bonds. The summed E-state index contributed by atoms with van der Waals surface area (Å²) in [4.78, 5) is 21.6. The van der Waals surface area contributed by atoms with E-state index in [1.54, 1.807) is 11.6 Å². The van der Waals surface area contributed by atoms with Gasteiger partial charge in [0.15, 0.2) is 5.65 Å². The van der Waals surface area contributed by atoms with Crippen LogP contribution < -0.4 is 15.4 Å². The van der Waals surface area contributed by atoms with Gasteiger partial charge in [0.25, 0.3) is 5.91 Å². The predicted molar refractivity (Wildman–Crippen MR) is 128 cm³/mol. The SMILES string of the molecule is Cc1cn2nc([C@H](C)N(C)C(=O)c3cc(Cl)ccc3NS(C)(=O)=O)cc2nc1N1CC(N)C1. The molecule has 3 aromatic rings. The minimum absolute atomic E-state index is 0.149. The van der Waals surface area contributed by atoms with E-state index in [0.29, 0.717) is 16.4 Å². The Morgan fingerprint density at radius 1 is 1.33 bits per heavy atom. The molecular formula is C21H26ClN7O3S. The lowest BCUT2D eigenvalue weighted by Gasteiger charge is -2.38. The average molecular weight is 492 g/mol. The van der Waals surface area contributed by atoms with E-state index in [-0.39, 0.29) is 17.3 Å². The molecule has 4 rings (SSSR count). The van der Waals surface area contributed by atoms with Crippen LogP contribution in [-0.4, -0.2) is 66.3 Å². The maximum absolute atomic E-state index is 13.3. The number of rotatable bonds is 6. The number of aromatic nitrogens is 3. The molecule has 1 saturated heterocycles. The van der Waals surface area contributed by atoms with Gasteiger partial charge in [0.2, 0.25) is 10.0 Å². The minimum atomic E-state index is -3.58. The molecule has 1 aromatic carbocycles. The zero-order chi connectivity index (χ0) is 24.1. The Morgan fingerprint density at radius 3 is 2.67 bits per heavy atom. The number of benzene rings is 1. The molecule has 1 aliphatic rings. The van der Waals surface area contributed by atoms with Crippen molar-refractivity contribution >= 4 is 44.7 Å². The predicted octanol–water partition coefficient (Wildman–Crippen LogP) is 2.04. The van der Waals surface area contributed by atoms with Crippen LogP contribution in [0.1, 0.15) is 34.6 Å². The third-order valence-electron chi connectivity index (χ3n) is 5.67. The number of hydrogen-bond donors (Lipinski definition) is 2. The van der Waals surface area contributed by atoms with Crippen LogP contribution in [0.15, 0.2) is 30.5 Å². The maximum atomic E-state index is 13.3. The van der Waals surface area contributed by atoms with Crippen LogP contribution in [0, 0.1) is 6.92 Å². The van der Waals surface area contributed by atoms with Gasteiger partial charge in [-0.2, -0.15) is 5.10 Å². The molecule has 0 aliphatic carbocycles. The number of halogens is 1. The molecule has 1 fully saturated rings. The molecule has 2 aromatic heterocycles. The lowest BCUT2D eigenvalue weighted by atomic mass is 10.1. The highest BCUT2D eigenvalue weighted by Crippen LogP contribution is 2.28. The number of nitrogens with zero attached hydrogens (tertiary/aromatic N) is 5. The molecule has 3 heterocycles. The van der Waals surface area contributed by atoms with Crippen molar-refractivity contribution in [3.63, 3.8) is 0 Å². The van der Waals surface area contributed by atoms with Crippen molar-refractivity contribution in [1.82, 2.24) is 19.5 Å². The molecule has 0 bridgehead atoms. The average Bonchev–Trinajstić information content (AvgIpc) is 3.12. The Bertz CT molecular complexity index is 1340. The van der Waals surface area contributed by atoms with Gasteiger partial charge in [0.05, 0.1) is 29.2 Å². The standard InChI is InChI=1S/C21H26ClN7O3S/c1-12-9-29-19(24-20(12)28-10-15(23)11-28)8-18(25-29)13(2)27(3)21(30)16-7-14(22)5-6-17(16)26-33(4,31)32/h5-9,13,15,26H,10-11,23H2,1-4H3/t13-/m0/s1. The molecule has 10 nitrogen and oxygen atoms in total. The summed E-state index contributed by atoms with van der Waals surface area (Å²) in [6.07, 6.45) is 2.93. The fourth-order valence-corrected chi connectivity index (χ4v) is 4.53. The van der Waals surface area contributed by atoms with Gasteiger partial charge in [-0.15, -0.1) is 0 Å². The number of nitrogens with one attached hydrogen (secondary N) is 1. The second-order valence-corrected chi connectivity index (χ2v) is 10.6. The number of fused-ring (bicyclic) bond motifs is 1.